The molecule has 0 spiro atoms. The summed E-state index contributed by atoms with van der Waals surface area (Å²) in [7, 11) is 0. The normalized spacial score (nSPS) is 11.3. The molecular formula is C13H13N3OS. The molecule has 0 aliphatic rings. The minimum atomic E-state index is -0.266. The lowest BCUT2D eigenvalue weighted by Gasteiger charge is -2.02. The van der Waals surface area contributed by atoms with Gasteiger partial charge in [0.15, 0.2) is 0 Å². The minimum absolute atomic E-state index is 0.266. The molecule has 4 nitrogen and oxygen atoms in total. The van der Waals surface area contributed by atoms with Crippen LogP contribution in [0, 0.1) is 0 Å². The van der Waals surface area contributed by atoms with E-state index in [0.29, 0.717) is 11.3 Å². The summed E-state index contributed by atoms with van der Waals surface area (Å²) in [4.78, 5) is 12.8. The maximum atomic E-state index is 11.8. The van der Waals surface area contributed by atoms with E-state index in [1.807, 2.05) is 24.4 Å². The average Bonchev–Trinajstić information content (AvgIpc) is 2.89. The predicted molar refractivity (Wildman–Crippen MR) is 74.9 cm³/mol. The van der Waals surface area contributed by atoms with Crippen LogP contribution in [0.2, 0.25) is 0 Å². The van der Waals surface area contributed by atoms with E-state index in [9.17, 15) is 4.79 Å². The van der Waals surface area contributed by atoms with E-state index >= 15 is 0 Å². The fraction of sp³-hybridized carbons (Fsp3) is 0.0769. The van der Waals surface area contributed by atoms with E-state index in [0.717, 1.165) is 10.6 Å². The van der Waals surface area contributed by atoms with Gasteiger partial charge < -0.3 is 5.73 Å². The summed E-state index contributed by atoms with van der Waals surface area (Å²) in [5.74, 6) is -0.266. The van der Waals surface area contributed by atoms with E-state index in [-0.39, 0.29) is 5.91 Å². The van der Waals surface area contributed by atoms with E-state index in [1.54, 1.807) is 35.6 Å². The molecule has 5 heteroatoms. The molecule has 92 valence electrons. The van der Waals surface area contributed by atoms with Gasteiger partial charge in [0.25, 0.3) is 5.91 Å². The number of hydrogen-bond donors (Lipinski definition) is 2. The van der Waals surface area contributed by atoms with Gasteiger partial charge in [0, 0.05) is 16.1 Å². The second-order valence-corrected chi connectivity index (χ2v) is 4.69. The van der Waals surface area contributed by atoms with Crippen molar-refractivity contribution in [2.75, 3.05) is 5.73 Å². The lowest BCUT2D eigenvalue weighted by atomic mass is 10.2. The second kappa shape index (κ2) is 5.46. The largest absolute Gasteiger partial charge is 0.399 e. The van der Waals surface area contributed by atoms with Crippen molar-refractivity contribution in [3.63, 3.8) is 0 Å². The molecule has 0 fully saturated rings. The van der Waals surface area contributed by atoms with Gasteiger partial charge in [0.1, 0.15) is 0 Å². The number of hydrogen-bond acceptors (Lipinski definition) is 4. The second-order valence-electron chi connectivity index (χ2n) is 3.74. The number of nitrogen functional groups attached to an aromatic ring is 1. The number of rotatable bonds is 3. The number of carbonyl (C=O) groups is 1. The molecule has 0 radical (unpaired) electrons. The smallest absolute Gasteiger partial charge is 0.271 e. The quantitative estimate of drug-likeness (QED) is 0.505. The van der Waals surface area contributed by atoms with Crippen molar-refractivity contribution in [3.05, 3.63) is 52.2 Å². The first kappa shape index (κ1) is 12.3. The summed E-state index contributed by atoms with van der Waals surface area (Å²) in [6.45, 7) is 1.85. The lowest BCUT2D eigenvalue weighted by Crippen LogP contribution is -2.19. The topological polar surface area (TPSA) is 67.5 Å². The van der Waals surface area contributed by atoms with Crippen LogP contribution in [0.3, 0.4) is 0 Å². The molecule has 0 aliphatic heterocycles. The van der Waals surface area contributed by atoms with Gasteiger partial charge in [-0.05, 0) is 36.6 Å². The van der Waals surface area contributed by atoms with Crippen molar-refractivity contribution >= 4 is 28.6 Å². The number of amides is 1. The number of carbonyl (C=O) groups excluding carboxylic acids is 1. The lowest BCUT2D eigenvalue weighted by molar-refractivity contribution is 0.0955. The monoisotopic (exact) mass is 259 g/mol. The fourth-order valence-electron chi connectivity index (χ4n) is 1.42. The van der Waals surface area contributed by atoms with Gasteiger partial charge in [-0.25, -0.2) is 5.43 Å². The number of nitrogens with one attached hydrogen (secondary N) is 1. The summed E-state index contributed by atoms with van der Waals surface area (Å²) < 4.78 is 0. The molecule has 1 aromatic carbocycles. The zero-order chi connectivity index (χ0) is 13.0. The Morgan fingerprint density at radius 2 is 2.17 bits per heavy atom. The number of nitrogens with zero attached hydrogens (tertiary/aromatic N) is 1. The Bertz CT molecular complexity index is 576. The molecule has 0 saturated carbocycles. The highest BCUT2D eigenvalue weighted by molar-refractivity contribution is 7.12. The number of anilines is 1. The van der Waals surface area contributed by atoms with E-state index < -0.39 is 0 Å². The van der Waals surface area contributed by atoms with Gasteiger partial charge >= 0.3 is 0 Å². The summed E-state index contributed by atoms with van der Waals surface area (Å²) >= 11 is 1.58. The van der Waals surface area contributed by atoms with E-state index in [4.69, 9.17) is 5.73 Å². The molecule has 3 N–H and O–H groups in total. The zero-order valence-corrected chi connectivity index (χ0v) is 10.7. The highest BCUT2D eigenvalue weighted by Crippen LogP contribution is 2.10. The Morgan fingerprint density at radius 3 is 2.83 bits per heavy atom. The Morgan fingerprint density at radius 1 is 1.33 bits per heavy atom. The van der Waals surface area contributed by atoms with Crippen LogP contribution in [-0.4, -0.2) is 11.6 Å². The minimum Gasteiger partial charge on any atom is -0.399 e. The van der Waals surface area contributed by atoms with Crippen LogP contribution in [0.4, 0.5) is 5.69 Å². The predicted octanol–water partition coefficient (Wildman–Crippen LogP) is 2.48. The van der Waals surface area contributed by atoms with E-state index in [2.05, 4.69) is 10.5 Å². The van der Waals surface area contributed by atoms with Crippen molar-refractivity contribution in [1.82, 2.24) is 5.43 Å². The molecule has 1 heterocycles. The van der Waals surface area contributed by atoms with Crippen molar-refractivity contribution in [3.8, 4) is 0 Å². The molecule has 2 aromatic rings. The first-order valence-corrected chi connectivity index (χ1v) is 6.29. The van der Waals surface area contributed by atoms with Gasteiger partial charge in [-0.15, -0.1) is 11.3 Å². The van der Waals surface area contributed by atoms with Crippen LogP contribution in [-0.2, 0) is 0 Å². The van der Waals surface area contributed by atoms with Gasteiger partial charge in [-0.3, -0.25) is 4.79 Å². The van der Waals surface area contributed by atoms with Crippen LogP contribution in [0.1, 0.15) is 22.2 Å². The van der Waals surface area contributed by atoms with Gasteiger partial charge in [0.2, 0.25) is 0 Å². The van der Waals surface area contributed by atoms with Crippen LogP contribution >= 0.6 is 11.3 Å². The van der Waals surface area contributed by atoms with Crippen molar-refractivity contribution < 1.29 is 4.79 Å². The van der Waals surface area contributed by atoms with Crippen molar-refractivity contribution in [2.45, 2.75) is 6.92 Å². The summed E-state index contributed by atoms with van der Waals surface area (Å²) in [5, 5.41) is 6.03. The molecule has 2 rings (SSSR count). The Balaban J connectivity index is 2.07. The third-order valence-corrected chi connectivity index (χ3v) is 3.33. The Hall–Kier alpha value is -2.14. The zero-order valence-electron chi connectivity index (χ0n) is 9.88. The molecule has 0 unspecified atom stereocenters. The molecule has 0 bridgehead atoms. The maximum absolute atomic E-state index is 11.8. The van der Waals surface area contributed by atoms with Crippen LogP contribution in [0.15, 0.2) is 46.9 Å². The molecule has 0 atom stereocenters. The number of nitrogens with two attached hydrogens (primary N) is 1. The van der Waals surface area contributed by atoms with Gasteiger partial charge in [-0.2, -0.15) is 5.10 Å². The Labute approximate surface area is 109 Å². The van der Waals surface area contributed by atoms with Gasteiger partial charge in [0.05, 0.1) is 5.71 Å². The summed E-state index contributed by atoms with van der Waals surface area (Å²) in [6.07, 6.45) is 0. The number of hydrazone groups is 1. The Kier molecular flexibility index (Phi) is 3.74. The third kappa shape index (κ3) is 2.95. The highest BCUT2D eigenvalue weighted by atomic mass is 32.1. The third-order valence-electron chi connectivity index (χ3n) is 2.35. The van der Waals surface area contributed by atoms with Crippen molar-refractivity contribution in [2.24, 2.45) is 5.10 Å². The standard InChI is InChI=1S/C13H13N3OS/c1-9(12-6-3-7-18-12)15-16-13(17)10-4-2-5-11(14)8-10/h2-8H,14H2,1H3,(H,16,17). The van der Waals surface area contributed by atoms with Crippen molar-refractivity contribution in [1.29, 1.82) is 0 Å². The highest BCUT2D eigenvalue weighted by Gasteiger charge is 2.05. The van der Waals surface area contributed by atoms with Crippen LogP contribution in [0.25, 0.3) is 0 Å². The number of thiophene rings is 1. The van der Waals surface area contributed by atoms with E-state index in [1.165, 1.54) is 0 Å². The average molecular weight is 259 g/mol. The summed E-state index contributed by atoms with van der Waals surface area (Å²) in [6, 6.07) is 10.7. The first-order chi connectivity index (χ1) is 8.66. The maximum Gasteiger partial charge on any atom is 0.271 e. The first-order valence-electron chi connectivity index (χ1n) is 5.41. The molecule has 18 heavy (non-hydrogen) atoms. The van der Waals surface area contributed by atoms with Crippen LogP contribution < -0.4 is 11.2 Å². The van der Waals surface area contributed by atoms with Gasteiger partial charge in [-0.1, -0.05) is 12.1 Å². The number of benzene rings is 1. The molecule has 1 aromatic heterocycles. The molecule has 0 aliphatic carbocycles. The fourth-order valence-corrected chi connectivity index (χ4v) is 2.10. The van der Waals surface area contributed by atoms with Crippen LogP contribution in [0.5, 0.6) is 0 Å². The summed E-state index contributed by atoms with van der Waals surface area (Å²) in [5.41, 5.74) is 9.96. The molecule has 0 saturated heterocycles. The SMILES string of the molecule is CC(=NNC(=O)c1cccc(N)c1)c1cccs1. The molecule has 1 amide bonds. The molecular weight excluding hydrogens is 246 g/mol.